The predicted octanol–water partition coefficient (Wildman–Crippen LogP) is 3.69. The highest BCUT2D eigenvalue weighted by Crippen LogP contribution is 2.25. The minimum atomic E-state index is -0.475. The zero-order chi connectivity index (χ0) is 26.7. The topological polar surface area (TPSA) is 104 Å². The molecule has 0 spiro atoms. The lowest BCUT2D eigenvalue weighted by molar-refractivity contribution is -0.130. The smallest absolute Gasteiger partial charge is 0.417 e. The highest BCUT2D eigenvalue weighted by Gasteiger charge is 2.35. The summed E-state index contributed by atoms with van der Waals surface area (Å²) in [6.45, 7) is 13.8. The molecule has 0 aliphatic carbocycles. The van der Waals surface area contributed by atoms with E-state index >= 15 is 4.39 Å². The van der Waals surface area contributed by atoms with Crippen LogP contribution in [0.1, 0.15) is 51.6 Å². The maximum Gasteiger partial charge on any atom is 0.417 e. The van der Waals surface area contributed by atoms with Crippen LogP contribution in [0.5, 0.6) is 0 Å². The second kappa shape index (κ2) is 11.2. The molecular weight excluding hydrogens is 477 g/mol. The van der Waals surface area contributed by atoms with Crippen LogP contribution >= 0.6 is 0 Å². The molecule has 3 heterocycles. The third-order valence-electron chi connectivity index (χ3n) is 6.87. The van der Waals surface area contributed by atoms with Crippen molar-refractivity contribution >= 4 is 23.9 Å². The minimum absolute atomic E-state index is 0. The molecule has 1 N–H and O–H groups in total. The van der Waals surface area contributed by atoms with Crippen LogP contribution in [-0.4, -0.2) is 75.1 Å². The summed E-state index contributed by atoms with van der Waals surface area (Å²) < 4.78 is 20.2. The molecule has 0 radical (unpaired) electrons. The van der Waals surface area contributed by atoms with Crippen molar-refractivity contribution in [1.29, 1.82) is 0 Å². The standard InChI is InChI=1S/C26H34FN7O3.H2/c1-6-21-15-37-26(36)34(21)25-30-18(5)29-24(31-25)28-17(4)19-8-9-20(22(27)12-19)14-32-10-11-33(16(3)13-32)23(35)7-2;/h7-9,12,16-17,21H,2,6,10-11,13-15H2,1,3-5H3,(H,28,29,30,31);1H/t16-,17+,21+;/m1./s1. The van der Waals surface area contributed by atoms with Crippen LogP contribution in [0, 0.1) is 12.7 Å². The monoisotopic (exact) mass is 513 g/mol. The quantitative estimate of drug-likeness (QED) is 0.533. The number of halogens is 1. The van der Waals surface area contributed by atoms with Gasteiger partial charge in [-0.15, -0.1) is 0 Å². The number of hydrogen-bond acceptors (Lipinski definition) is 8. The van der Waals surface area contributed by atoms with Crippen molar-refractivity contribution in [2.45, 2.75) is 58.8 Å². The molecule has 1 aromatic heterocycles. The van der Waals surface area contributed by atoms with E-state index in [1.54, 1.807) is 17.9 Å². The Labute approximate surface area is 218 Å². The first kappa shape index (κ1) is 26.5. The molecule has 2 aliphatic rings. The summed E-state index contributed by atoms with van der Waals surface area (Å²) in [5.41, 5.74) is 1.34. The van der Waals surface area contributed by atoms with Crippen molar-refractivity contribution in [2.24, 2.45) is 0 Å². The van der Waals surface area contributed by atoms with E-state index in [4.69, 9.17) is 4.74 Å². The molecule has 0 bridgehead atoms. The van der Waals surface area contributed by atoms with Gasteiger partial charge in [0.05, 0.1) is 12.1 Å². The van der Waals surface area contributed by atoms with Gasteiger partial charge < -0.3 is 15.0 Å². The summed E-state index contributed by atoms with van der Waals surface area (Å²) in [5, 5.41) is 3.20. The number of ether oxygens (including phenoxy) is 1. The van der Waals surface area contributed by atoms with E-state index in [9.17, 15) is 9.59 Å². The Morgan fingerprint density at radius 2 is 2.14 bits per heavy atom. The lowest BCUT2D eigenvalue weighted by Gasteiger charge is -2.39. The number of amides is 2. The van der Waals surface area contributed by atoms with Crippen molar-refractivity contribution in [3.8, 4) is 0 Å². The first-order valence-electron chi connectivity index (χ1n) is 12.6. The molecule has 2 amide bonds. The van der Waals surface area contributed by atoms with Crippen LogP contribution in [0.15, 0.2) is 30.9 Å². The second-order valence-corrected chi connectivity index (χ2v) is 9.55. The second-order valence-electron chi connectivity index (χ2n) is 9.55. The Balaban J connectivity index is 0.00000400. The third-order valence-corrected chi connectivity index (χ3v) is 6.87. The van der Waals surface area contributed by atoms with Gasteiger partial charge in [0.25, 0.3) is 0 Å². The lowest BCUT2D eigenvalue weighted by Crippen LogP contribution is -2.53. The number of benzene rings is 1. The highest BCUT2D eigenvalue weighted by atomic mass is 19.1. The SMILES string of the molecule is C=CC(=O)N1CCN(Cc2ccc([C@H](C)Nc3nc(C)nc(N4C(=O)OC[C@@H]4CC)n3)cc2F)C[C@H]1C.[HH]. The predicted molar refractivity (Wildman–Crippen MR) is 140 cm³/mol. The Morgan fingerprint density at radius 3 is 2.81 bits per heavy atom. The highest BCUT2D eigenvalue weighted by molar-refractivity contribution is 5.88. The molecule has 3 atom stereocenters. The van der Waals surface area contributed by atoms with Crippen LogP contribution in [0.25, 0.3) is 0 Å². The van der Waals surface area contributed by atoms with Gasteiger partial charge in [0, 0.05) is 39.2 Å². The van der Waals surface area contributed by atoms with Crippen molar-refractivity contribution in [1.82, 2.24) is 24.8 Å². The van der Waals surface area contributed by atoms with Gasteiger partial charge in [0.2, 0.25) is 17.8 Å². The number of aromatic nitrogens is 3. The van der Waals surface area contributed by atoms with Crippen LogP contribution in [0.3, 0.4) is 0 Å². The molecule has 1 aromatic carbocycles. The molecule has 2 saturated heterocycles. The van der Waals surface area contributed by atoms with E-state index in [0.717, 1.165) is 5.56 Å². The van der Waals surface area contributed by atoms with E-state index in [-0.39, 0.29) is 37.2 Å². The van der Waals surface area contributed by atoms with Gasteiger partial charge in [-0.3, -0.25) is 9.69 Å². The fourth-order valence-electron chi connectivity index (χ4n) is 4.75. The maximum atomic E-state index is 15.1. The number of hydrogen-bond donors (Lipinski definition) is 1. The molecule has 10 nitrogen and oxygen atoms in total. The zero-order valence-electron chi connectivity index (χ0n) is 21.8. The van der Waals surface area contributed by atoms with Crippen molar-refractivity contribution in [3.05, 3.63) is 53.6 Å². The van der Waals surface area contributed by atoms with E-state index < -0.39 is 6.09 Å². The largest absolute Gasteiger partial charge is 0.447 e. The minimum Gasteiger partial charge on any atom is -0.447 e. The molecule has 0 saturated carbocycles. The molecule has 37 heavy (non-hydrogen) atoms. The number of carbonyl (C=O) groups is 2. The Kier molecular flexibility index (Phi) is 8.01. The van der Waals surface area contributed by atoms with E-state index in [0.29, 0.717) is 56.5 Å². The molecule has 200 valence electrons. The average Bonchev–Trinajstić information content (AvgIpc) is 3.25. The van der Waals surface area contributed by atoms with Gasteiger partial charge in [0.1, 0.15) is 18.2 Å². The van der Waals surface area contributed by atoms with Gasteiger partial charge in [-0.25, -0.2) is 14.1 Å². The fraction of sp³-hybridized carbons (Fsp3) is 0.500. The number of anilines is 2. The van der Waals surface area contributed by atoms with Crippen molar-refractivity contribution in [3.63, 3.8) is 0 Å². The van der Waals surface area contributed by atoms with Crippen molar-refractivity contribution in [2.75, 3.05) is 36.5 Å². The van der Waals surface area contributed by atoms with E-state index in [2.05, 4.69) is 31.7 Å². The number of cyclic esters (lactones) is 1. The third kappa shape index (κ3) is 5.87. The fourth-order valence-corrected chi connectivity index (χ4v) is 4.75. The van der Waals surface area contributed by atoms with E-state index in [1.165, 1.54) is 17.0 Å². The Bertz CT molecular complexity index is 1180. The molecule has 2 aliphatic heterocycles. The molecule has 11 heteroatoms. The number of aryl methyl sites for hydroxylation is 1. The summed E-state index contributed by atoms with van der Waals surface area (Å²) in [6, 6.07) is 4.82. The van der Waals surface area contributed by atoms with Gasteiger partial charge in [-0.05, 0) is 44.9 Å². The molecule has 0 unspecified atom stereocenters. The van der Waals surface area contributed by atoms with Gasteiger partial charge in [0.15, 0.2) is 0 Å². The molecule has 2 aromatic rings. The summed E-state index contributed by atoms with van der Waals surface area (Å²) >= 11 is 0. The average molecular weight is 514 g/mol. The number of piperazine rings is 1. The van der Waals surface area contributed by atoms with Gasteiger partial charge in [-0.1, -0.05) is 25.6 Å². The molecule has 4 rings (SSSR count). The summed E-state index contributed by atoms with van der Waals surface area (Å²) in [5.74, 6) is 0.633. The number of nitrogens with zero attached hydrogens (tertiary/aromatic N) is 6. The van der Waals surface area contributed by atoms with Crippen LogP contribution in [0.4, 0.5) is 21.1 Å². The van der Waals surface area contributed by atoms with Gasteiger partial charge in [-0.2, -0.15) is 15.0 Å². The first-order chi connectivity index (χ1) is 17.7. The Hall–Kier alpha value is -3.60. The number of rotatable bonds is 8. The maximum absolute atomic E-state index is 15.1. The van der Waals surface area contributed by atoms with Crippen LogP contribution in [0.2, 0.25) is 0 Å². The van der Waals surface area contributed by atoms with Crippen LogP contribution in [-0.2, 0) is 16.1 Å². The number of carbonyl (C=O) groups excluding carboxylic acids is 2. The van der Waals surface area contributed by atoms with Crippen molar-refractivity contribution < 1.29 is 20.1 Å². The Morgan fingerprint density at radius 1 is 1.35 bits per heavy atom. The van der Waals surface area contributed by atoms with Gasteiger partial charge >= 0.3 is 6.09 Å². The van der Waals surface area contributed by atoms with E-state index in [1.807, 2.05) is 26.8 Å². The van der Waals surface area contributed by atoms with Crippen LogP contribution < -0.4 is 10.2 Å². The summed E-state index contributed by atoms with van der Waals surface area (Å²) in [7, 11) is 0. The summed E-state index contributed by atoms with van der Waals surface area (Å²) in [4.78, 5) is 42.7. The lowest BCUT2D eigenvalue weighted by atomic mass is 10.0. The normalized spacial score (nSPS) is 21.1. The molecular formula is C26H36FN7O3. The summed E-state index contributed by atoms with van der Waals surface area (Å²) in [6.07, 6.45) is 1.57. The number of nitrogens with one attached hydrogen (secondary N) is 1. The zero-order valence-corrected chi connectivity index (χ0v) is 21.8. The molecule has 2 fully saturated rings. The first-order valence-corrected chi connectivity index (χ1v) is 12.6.